The van der Waals surface area contributed by atoms with Crippen molar-refractivity contribution in [2.45, 2.75) is 19.4 Å². The highest BCUT2D eigenvalue weighted by Crippen LogP contribution is 1.94. The number of nitrogens with one attached hydrogen (secondary N) is 1. The van der Waals surface area contributed by atoms with Crippen LogP contribution in [0.1, 0.15) is 13.3 Å². The Morgan fingerprint density at radius 2 is 2.20 bits per heavy atom. The molecule has 0 saturated carbocycles. The Bertz CT molecular complexity index is 193. The number of morpholine rings is 1. The SMILES string of the molecule is CC[C@H](N)C(=O)NCCN1CCOCC1. The second kappa shape index (κ2) is 6.76. The number of rotatable bonds is 5. The predicted octanol–water partition coefficient (Wildman–Crippen LogP) is -0.828. The first kappa shape index (κ1) is 12.4. The van der Waals surface area contributed by atoms with Crippen molar-refractivity contribution in [1.29, 1.82) is 0 Å². The van der Waals surface area contributed by atoms with Crippen LogP contribution in [0.5, 0.6) is 0 Å². The Hall–Kier alpha value is -0.650. The van der Waals surface area contributed by atoms with Gasteiger partial charge in [-0.1, -0.05) is 6.92 Å². The van der Waals surface area contributed by atoms with Crippen molar-refractivity contribution in [2.75, 3.05) is 39.4 Å². The first-order valence-electron chi connectivity index (χ1n) is 5.57. The van der Waals surface area contributed by atoms with E-state index >= 15 is 0 Å². The van der Waals surface area contributed by atoms with Crippen LogP contribution in [0.15, 0.2) is 0 Å². The molecule has 5 nitrogen and oxygen atoms in total. The summed E-state index contributed by atoms with van der Waals surface area (Å²) in [5.74, 6) is -0.0502. The van der Waals surface area contributed by atoms with Crippen LogP contribution in [0.25, 0.3) is 0 Å². The third kappa shape index (κ3) is 4.59. The van der Waals surface area contributed by atoms with Crippen LogP contribution < -0.4 is 11.1 Å². The molecule has 1 amide bonds. The average molecular weight is 215 g/mol. The first-order chi connectivity index (χ1) is 7.24. The van der Waals surface area contributed by atoms with Gasteiger partial charge in [0.05, 0.1) is 19.3 Å². The van der Waals surface area contributed by atoms with E-state index in [4.69, 9.17) is 10.5 Å². The van der Waals surface area contributed by atoms with Crippen molar-refractivity contribution in [2.24, 2.45) is 5.73 Å². The van der Waals surface area contributed by atoms with Gasteiger partial charge in [0.15, 0.2) is 0 Å². The van der Waals surface area contributed by atoms with Crippen molar-refractivity contribution in [3.05, 3.63) is 0 Å². The lowest BCUT2D eigenvalue weighted by atomic mass is 10.2. The summed E-state index contributed by atoms with van der Waals surface area (Å²) in [6, 6.07) is -0.366. The fourth-order valence-electron chi connectivity index (χ4n) is 1.48. The molecular formula is C10H21N3O2. The zero-order valence-electron chi connectivity index (χ0n) is 9.37. The van der Waals surface area contributed by atoms with E-state index in [9.17, 15) is 4.79 Å². The lowest BCUT2D eigenvalue weighted by Gasteiger charge is -2.26. The van der Waals surface area contributed by atoms with Crippen LogP contribution in [0.3, 0.4) is 0 Å². The molecule has 1 saturated heterocycles. The third-order valence-electron chi connectivity index (χ3n) is 2.61. The summed E-state index contributed by atoms with van der Waals surface area (Å²) < 4.78 is 5.23. The standard InChI is InChI=1S/C10H21N3O2/c1-2-9(11)10(14)12-3-4-13-5-7-15-8-6-13/h9H,2-8,11H2,1H3,(H,12,14)/t9-/m0/s1. The number of nitrogens with zero attached hydrogens (tertiary/aromatic N) is 1. The maximum atomic E-state index is 11.3. The van der Waals surface area contributed by atoms with Gasteiger partial charge in [0, 0.05) is 26.2 Å². The summed E-state index contributed by atoms with van der Waals surface area (Å²) in [5, 5.41) is 2.83. The molecule has 1 rings (SSSR count). The summed E-state index contributed by atoms with van der Waals surface area (Å²) in [5.41, 5.74) is 5.59. The molecule has 0 unspecified atom stereocenters. The molecule has 1 aliphatic heterocycles. The Labute approximate surface area is 90.9 Å². The summed E-state index contributed by atoms with van der Waals surface area (Å²) in [6.07, 6.45) is 0.684. The number of hydrogen-bond donors (Lipinski definition) is 2. The summed E-state index contributed by atoms with van der Waals surface area (Å²) in [7, 11) is 0. The monoisotopic (exact) mass is 215 g/mol. The number of carbonyl (C=O) groups excluding carboxylic acids is 1. The minimum Gasteiger partial charge on any atom is -0.379 e. The zero-order valence-corrected chi connectivity index (χ0v) is 9.37. The zero-order chi connectivity index (χ0) is 11.1. The number of nitrogens with two attached hydrogens (primary N) is 1. The lowest BCUT2D eigenvalue weighted by molar-refractivity contribution is -0.122. The van der Waals surface area contributed by atoms with Gasteiger partial charge in [-0.15, -0.1) is 0 Å². The van der Waals surface area contributed by atoms with Crippen molar-refractivity contribution in [3.63, 3.8) is 0 Å². The van der Waals surface area contributed by atoms with Crippen LogP contribution in [0.2, 0.25) is 0 Å². The molecule has 0 bridgehead atoms. The molecule has 1 atom stereocenters. The highest BCUT2D eigenvalue weighted by molar-refractivity contribution is 5.81. The second-order valence-electron chi connectivity index (χ2n) is 3.76. The highest BCUT2D eigenvalue weighted by Gasteiger charge is 2.12. The van der Waals surface area contributed by atoms with Crippen molar-refractivity contribution in [3.8, 4) is 0 Å². The predicted molar refractivity (Wildman–Crippen MR) is 58.5 cm³/mol. The largest absolute Gasteiger partial charge is 0.379 e. The molecule has 1 fully saturated rings. The van der Waals surface area contributed by atoms with Crippen LogP contribution in [-0.4, -0.2) is 56.2 Å². The molecule has 5 heteroatoms. The summed E-state index contributed by atoms with van der Waals surface area (Å²) in [6.45, 7) is 6.96. The van der Waals surface area contributed by atoms with Gasteiger partial charge in [-0.2, -0.15) is 0 Å². The number of ether oxygens (including phenoxy) is 1. The average Bonchev–Trinajstić information content (AvgIpc) is 2.29. The number of amides is 1. The minimum atomic E-state index is -0.366. The molecule has 3 N–H and O–H groups in total. The normalized spacial score (nSPS) is 19.9. The Kier molecular flexibility index (Phi) is 5.60. The molecule has 88 valence electrons. The topological polar surface area (TPSA) is 67.6 Å². The van der Waals surface area contributed by atoms with Crippen LogP contribution in [-0.2, 0) is 9.53 Å². The smallest absolute Gasteiger partial charge is 0.236 e. The summed E-state index contributed by atoms with van der Waals surface area (Å²) in [4.78, 5) is 13.6. The molecule has 1 aliphatic rings. The van der Waals surface area contributed by atoms with E-state index in [2.05, 4.69) is 10.2 Å². The summed E-state index contributed by atoms with van der Waals surface area (Å²) >= 11 is 0. The van der Waals surface area contributed by atoms with Gasteiger partial charge in [-0.25, -0.2) is 0 Å². The van der Waals surface area contributed by atoms with Crippen LogP contribution >= 0.6 is 0 Å². The molecule has 0 aromatic carbocycles. The van der Waals surface area contributed by atoms with Crippen molar-refractivity contribution in [1.82, 2.24) is 10.2 Å². The Morgan fingerprint density at radius 3 is 2.80 bits per heavy atom. The van der Waals surface area contributed by atoms with E-state index < -0.39 is 0 Å². The quantitative estimate of drug-likeness (QED) is 0.628. The van der Waals surface area contributed by atoms with Crippen molar-refractivity contribution < 1.29 is 9.53 Å². The molecule has 0 spiro atoms. The minimum absolute atomic E-state index is 0.0502. The lowest BCUT2D eigenvalue weighted by Crippen LogP contribution is -2.45. The van der Waals surface area contributed by atoms with Gasteiger partial charge >= 0.3 is 0 Å². The number of hydrogen-bond acceptors (Lipinski definition) is 4. The molecular weight excluding hydrogens is 194 g/mol. The van der Waals surface area contributed by atoms with Crippen molar-refractivity contribution >= 4 is 5.91 Å². The fraction of sp³-hybridized carbons (Fsp3) is 0.900. The third-order valence-corrected chi connectivity index (χ3v) is 2.61. The highest BCUT2D eigenvalue weighted by atomic mass is 16.5. The maximum absolute atomic E-state index is 11.3. The first-order valence-corrected chi connectivity index (χ1v) is 5.57. The number of carbonyl (C=O) groups is 1. The molecule has 15 heavy (non-hydrogen) atoms. The van der Waals surface area contributed by atoms with Gasteiger partial charge in [-0.05, 0) is 6.42 Å². The van der Waals surface area contributed by atoms with E-state index in [1.807, 2.05) is 6.92 Å². The van der Waals surface area contributed by atoms with E-state index in [0.717, 1.165) is 32.8 Å². The van der Waals surface area contributed by atoms with E-state index in [0.29, 0.717) is 13.0 Å². The Balaban J connectivity index is 2.07. The maximum Gasteiger partial charge on any atom is 0.236 e. The van der Waals surface area contributed by atoms with Gasteiger partial charge in [0.1, 0.15) is 0 Å². The molecule has 1 heterocycles. The van der Waals surface area contributed by atoms with Crippen LogP contribution in [0, 0.1) is 0 Å². The molecule has 0 aromatic rings. The van der Waals surface area contributed by atoms with E-state index in [1.165, 1.54) is 0 Å². The fourth-order valence-corrected chi connectivity index (χ4v) is 1.48. The van der Waals surface area contributed by atoms with Gasteiger partial charge < -0.3 is 15.8 Å². The Morgan fingerprint density at radius 1 is 1.53 bits per heavy atom. The van der Waals surface area contributed by atoms with Gasteiger partial charge in [0.2, 0.25) is 5.91 Å². The van der Waals surface area contributed by atoms with Gasteiger partial charge in [-0.3, -0.25) is 9.69 Å². The molecule has 0 aromatic heterocycles. The second-order valence-corrected chi connectivity index (χ2v) is 3.76. The van der Waals surface area contributed by atoms with Crippen LogP contribution in [0.4, 0.5) is 0 Å². The molecule has 0 aliphatic carbocycles. The van der Waals surface area contributed by atoms with E-state index in [-0.39, 0.29) is 11.9 Å². The molecule has 0 radical (unpaired) electrons. The van der Waals surface area contributed by atoms with Gasteiger partial charge in [0.25, 0.3) is 0 Å². The van der Waals surface area contributed by atoms with E-state index in [1.54, 1.807) is 0 Å².